The molecule has 160 valence electrons. The minimum atomic E-state index is -0.268. The fraction of sp³-hybridized carbons (Fsp3) is 0.273. The Morgan fingerprint density at radius 2 is 2.03 bits per heavy atom. The molecule has 30 heavy (non-hydrogen) atoms. The molecule has 0 bridgehead atoms. The lowest BCUT2D eigenvalue weighted by molar-refractivity contribution is 0.0996. The Kier molecular flexibility index (Phi) is 9.38. The van der Waals surface area contributed by atoms with Crippen LogP contribution >= 0.6 is 35.3 Å². The summed E-state index contributed by atoms with van der Waals surface area (Å²) in [6.07, 6.45) is 2.43. The summed E-state index contributed by atoms with van der Waals surface area (Å²) in [6, 6.07) is 15.6. The van der Waals surface area contributed by atoms with Gasteiger partial charge in [-0.05, 0) is 55.8 Å². The quantitative estimate of drug-likeness (QED) is 0.229. The monoisotopic (exact) mass is 538 g/mol. The highest BCUT2D eigenvalue weighted by molar-refractivity contribution is 14.0. The molecule has 0 fully saturated rings. The van der Waals surface area contributed by atoms with E-state index in [1.165, 1.54) is 16.0 Å². The van der Waals surface area contributed by atoms with Crippen molar-refractivity contribution in [3.05, 3.63) is 75.9 Å². The summed E-state index contributed by atoms with van der Waals surface area (Å²) in [5, 5.41) is 9.59. The lowest BCUT2D eigenvalue weighted by atomic mass is 10.2. The fourth-order valence-electron chi connectivity index (χ4n) is 2.92. The number of hydrogen-bond donors (Lipinski definition) is 3. The summed E-state index contributed by atoms with van der Waals surface area (Å²) in [4.78, 5) is 19.1. The van der Waals surface area contributed by atoms with E-state index in [-0.39, 0.29) is 41.7 Å². The average Bonchev–Trinajstić information content (AvgIpc) is 3.37. The van der Waals surface area contributed by atoms with E-state index in [0.29, 0.717) is 6.54 Å². The van der Waals surface area contributed by atoms with Crippen molar-refractivity contribution in [1.82, 2.24) is 10.6 Å². The second kappa shape index (κ2) is 11.8. The van der Waals surface area contributed by atoms with Crippen LogP contribution in [0.2, 0.25) is 0 Å². The summed E-state index contributed by atoms with van der Waals surface area (Å²) in [5.74, 6) is 0.763. The van der Waals surface area contributed by atoms with Gasteiger partial charge in [0.25, 0.3) is 5.91 Å². The van der Waals surface area contributed by atoms with Crippen LogP contribution in [0.15, 0.2) is 64.2 Å². The van der Waals surface area contributed by atoms with Crippen LogP contribution in [0, 0.1) is 6.92 Å². The molecule has 3 aromatic rings. The first kappa shape index (κ1) is 23.9. The van der Waals surface area contributed by atoms with Crippen LogP contribution < -0.4 is 16.0 Å². The van der Waals surface area contributed by atoms with E-state index < -0.39 is 0 Å². The first-order valence-electron chi connectivity index (χ1n) is 9.50. The number of anilines is 1. The number of benzene rings is 1. The smallest absolute Gasteiger partial charge is 0.291 e. The fourth-order valence-corrected chi connectivity index (χ4v) is 3.94. The van der Waals surface area contributed by atoms with Gasteiger partial charge in [-0.15, -0.1) is 35.3 Å². The molecular weight excluding hydrogens is 511 g/mol. The maximum absolute atomic E-state index is 12.1. The summed E-state index contributed by atoms with van der Waals surface area (Å²) >= 11 is 1.82. The Morgan fingerprint density at radius 1 is 1.20 bits per heavy atom. The number of carbonyl (C=O) groups is 1. The molecule has 2 aromatic heterocycles. The van der Waals surface area contributed by atoms with Gasteiger partial charge in [-0.25, -0.2) is 0 Å². The number of halogens is 1. The van der Waals surface area contributed by atoms with Crippen LogP contribution in [0.5, 0.6) is 0 Å². The molecule has 6 nitrogen and oxygen atoms in total. The Bertz CT molecular complexity index is 969. The van der Waals surface area contributed by atoms with Crippen LogP contribution in [0.1, 0.15) is 32.8 Å². The summed E-state index contributed by atoms with van der Waals surface area (Å²) < 4.78 is 5.12. The number of carbonyl (C=O) groups excluding carboxylic acids is 1. The van der Waals surface area contributed by atoms with Gasteiger partial charge in [-0.3, -0.25) is 9.79 Å². The number of guanidine groups is 1. The zero-order chi connectivity index (χ0) is 20.6. The maximum atomic E-state index is 12.1. The van der Waals surface area contributed by atoms with Crippen molar-refractivity contribution in [2.24, 2.45) is 4.99 Å². The first-order chi connectivity index (χ1) is 14.0. The molecule has 1 amide bonds. The number of rotatable bonds is 7. The Balaban J connectivity index is 0.00000320. The van der Waals surface area contributed by atoms with Gasteiger partial charge >= 0.3 is 0 Å². The molecule has 0 saturated heterocycles. The maximum Gasteiger partial charge on any atom is 0.291 e. The van der Waals surface area contributed by atoms with Gasteiger partial charge in [0.1, 0.15) is 0 Å². The lowest BCUT2D eigenvalue weighted by Gasteiger charge is -2.17. The summed E-state index contributed by atoms with van der Waals surface area (Å²) in [5.41, 5.74) is 1.75. The van der Waals surface area contributed by atoms with E-state index in [9.17, 15) is 4.79 Å². The van der Waals surface area contributed by atoms with Gasteiger partial charge in [0, 0.05) is 41.5 Å². The molecule has 0 radical (unpaired) electrons. The third-order valence-electron chi connectivity index (χ3n) is 4.30. The summed E-state index contributed by atoms with van der Waals surface area (Å²) in [7, 11) is 1.76. The van der Waals surface area contributed by atoms with E-state index in [2.05, 4.69) is 46.9 Å². The minimum absolute atomic E-state index is 0. The molecule has 1 aromatic carbocycles. The molecule has 0 aliphatic carbocycles. The van der Waals surface area contributed by atoms with Gasteiger partial charge in [0.2, 0.25) is 0 Å². The number of furan rings is 1. The van der Waals surface area contributed by atoms with Crippen molar-refractivity contribution in [2.75, 3.05) is 12.4 Å². The van der Waals surface area contributed by atoms with Gasteiger partial charge in [-0.2, -0.15) is 0 Å². The predicted octanol–water partition coefficient (Wildman–Crippen LogP) is 4.82. The standard InChI is InChI=1S/C22H26N4O2S.HI/c1-15(12-19-10-9-16(2)29-19)25-22(23-3)24-14-17-6-4-7-18(13-17)26-21(27)20-8-5-11-28-20;/h4-11,13,15H,12,14H2,1-3H3,(H,26,27)(H2,23,24,25);1H. The highest BCUT2D eigenvalue weighted by atomic mass is 127. The highest BCUT2D eigenvalue weighted by Crippen LogP contribution is 2.17. The summed E-state index contributed by atoms with van der Waals surface area (Å²) in [6.45, 7) is 4.86. The largest absolute Gasteiger partial charge is 0.459 e. The first-order valence-corrected chi connectivity index (χ1v) is 10.3. The molecule has 0 aliphatic rings. The van der Waals surface area contributed by atoms with Crippen molar-refractivity contribution in [2.45, 2.75) is 32.9 Å². The van der Waals surface area contributed by atoms with Crippen LogP contribution in [0.3, 0.4) is 0 Å². The number of aryl methyl sites for hydroxylation is 1. The van der Waals surface area contributed by atoms with Gasteiger partial charge in [-0.1, -0.05) is 12.1 Å². The second-order valence-corrected chi connectivity index (χ2v) is 8.19. The average molecular weight is 538 g/mol. The van der Waals surface area contributed by atoms with Gasteiger partial charge in [0.05, 0.1) is 6.26 Å². The molecule has 8 heteroatoms. The number of nitrogens with zero attached hydrogens (tertiary/aromatic N) is 1. The van der Waals surface area contributed by atoms with Crippen LogP contribution in [-0.4, -0.2) is 25.0 Å². The number of thiophene rings is 1. The zero-order valence-electron chi connectivity index (χ0n) is 17.3. The molecule has 0 saturated carbocycles. The molecule has 3 rings (SSSR count). The number of aliphatic imine (C=N–C) groups is 1. The van der Waals surface area contributed by atoms with Crippen molar-refractivity contribution in [3.63, 3.8) is 0 Å². The van der Waals surface area contributed by atoms with E-state index in [0.717, 1.165) is 23.6 Å². The van der Waals surface area contributed by atoms with Crippen molar-refractivity contribution in [1.29, 1.82) is 0 Å². The topological polar surface area (TPSA) is 78.7 Å². The van der Waals surface area contributed by atoms with E-state index in [4.69, 9.17) is 4.42 Å². The van der Waals surface area contributed by atoms with Crippen molar-refractivity contribution < 1.29 is 9.21 Å². The molecule has 1 unspecified atom stereocenters. The number of hydrogen-bond acceptors (Lipinski definition) is 4. The van der Waals surface area contributed by atoms with Crippen molar-refractivity contribution in [3.8, 4) is 0 Å². The molecular formula is C22H27IN4O2S. The highest BCUT2D eigenvalue weighted by Gasteiger charge is 2.10. The van der Waals surface area contributed by atoms with Crippen molar-refractivity contribution >= 4 is 52.9 Å². The number of nitrogens with one attached hydrogen (secondary N) is 3. The zero-order valence-corrected chi connectivity index (χ0v) is 20.4. The van der Waals surface area contributed by atoms with E-state index >= 15 is 0 Å². The van der Waals surface area contributed by atoms with Crippen LogP contribution in [0.4, 0.5) is 5.69 Å². The van der Waals surface area contributed by atoms with E-state index in [1.54, 1.807) is 19.2 Å². The molecule has 3 N–H and O–H groups in total. The Morgan fingerprint density at radius 3 is 2.70 bits per heavy atom. The van der Waals surface area contributed by atoms with Crippen LogP contribution in [-0.2, 0) is 13.0 Å². The minimum Gasteiger partial charge on any atom is -0.459 e. The third-order valence-corrected chi connectivity index (χ3v) is 5.32. The Hall–Kier alpha value is -2.33. The molecule has 0 aliphatic heterocycles. The number of amides is 1. The van der Waals surface area contributed by atoms with E-state index in [1.807, 2.05) is 35.6 Å². The Labute approximate surface area is 198 Å². The van der Waals surface area contributed by atoms with Gasteiger partial charge < -0.3 is 20.4 Å². The SMILES string of the molecule is CN=C(NCc1cccc(NC(=O)c2ccco2)c1)NC(C)Cc1ccc(C)s1.I. The second-order valence-electron chi connectivity index (χ2n) is 6.82. The molecule has 0 spiro atoms. The normalized spacial score (nSPS) is 12.0. The van der Waals surface area contributed by atoms with Crippen LogP contribution in [0.25, 0.3) is 0 Å². The molecule has 2 heterocycles. The molecule has 1 atom stereocenters. The predicted molar refractivity (Wildman–Crippen MR) is 134 cm³/mol. The third kappa shape index (κ3) is 7.17. The van der Waals surface area contributed by atoms with Gasteiger partial charge in [0.15, 0.2) is 11.7 Å². The lowest BCUT2D eigenvalue weighted by Crippen LogP contribution is -2.42.